The molecule has 1 aliphatic heterocycles. The van der Waals surface area contributed by atoms with Crippen molar-refractivity contribution in [1.82, 2.24) is 10.2 Å². The number of fused-ring (bicyclic) bond motifs is 1. The van der Waals surface area contributed by atoms with Crippen LogP contribution in [0.4, 0.5) is 16.5 Å². The number of benzene rings is 2. The molecule has 1 aromatic heterocycles. The number of rotatable bonds is 5. The van der Waals surface area contributed by atoms with Crippen LogP contribution in [0.5, 0.6) is 0 Å². The number of hydrogen-bond donors (Lipinski definition) is 1. The Hall–Kier alpha value is -2.38. The van der Waals surface area contributed by atoms with Gasteiger partial charge in [-0.15, -0.1) is 10.2 Å². The standard InChI is InChI=1S/C20H20N4OS2/c1-13-6-5-8-16(10-13)21-19-22-23-20(27-19)26-12-18(25)24-14(2)11-15-7-3-4-9-17(15)24/h3-10,14H,11-12H2,1-2H3,(H,21,22)/t14-/m1/s1. The van der Waals surface area contributed by atoms with Crippen LogP contribution in [0.1, 0.15) is 18.1 Å². The lowest BCUT2D eigenvalue weighted by molar-refractivity contribution is -0.116. The molecule has 2 heterocycles. The summed E-state index contributed by atoms with van der Waals surface area (Å²) >= 11 is 2.90. The Bertz CT molecular complexity index is 972. The minimum Gasteiger partial charge on any atom is -0.330 e. The van der Waals surface area contributed by atoms with Gasteiger partial charge in [-0.1, -0.05) is 53.4 Å². The van der Waals surface area contributed by atoms with Gasteiger partial charge in [0.2, 0.25) is 11.0 Å². The molecule has 0 aliphatic carbocycles. The fourth-order valence-corrected chi connectivity index (χ4v) is 4.93. The summed E-state index contributed by atoms with van der Waals surface area (Å²) in [6, 6.07) is 16.4. The van der Waals surface area contributed by atoms with Gasteiger partial charge in [-0.2, -0.15) is 0 Å². The summed E-state index contributed by atoms with van der Waals surface area (Å²) in [6.45, 7) is 4.15. The lowest BCUT2D eigenvalue weighted by atomic mass is 10.1. The Morgan fingerprint density at radius 2 is 2.11 bits per heavy atom. The van der Waals surface area contributed by atoms with E-state index in [1.807, 2.05) is 35.2 Å². The first-order valence-electron chi connectivity index (χ1n) is 8.80. The van der Waals surface area contributed by atoms with Gasteiger partial charge < -0.3 is 10.2 Å². The topological polar surface area (TPSA) is 58.1 Å². The van der Waals surface area contributed by atoms with Crippen LogP contribution in [0.3, 0.4) is 0 Å². The molecule has 1 aliphatic rings. The quantitative estimate of drug-likeness (QED) is 0.636. The highest BCUT2D eigenvalue weighted by Gasteiger charge is 2.30. The molecule has 0 fully saturated rings. The summed E-state index contributed by atoms with van der Waals surface area (Å²) in [5.74, 6) is 0.471. The molecule has 0 spiro atoms. The first-order chi connectivity index (χ1) is 13.1. The van der Waals surface area contributed by atoms with Crippen molar-refractivity contribution in [3.05, 3.63) is 59.7 Å². The number of amides is 1. The number of carbonyl (C=O) groups excluding carboxylic acids is 1. The second-order valence-electron chi connectivity index (χ2n) is 6.60. The Morgan fingerprint density at radius 1 is 1.26 bits per heavy atom. The van der Waals surface area contributed by atoms with Crippen molar-refractivity contribution in [1.29, 1.82) is 0 Å². The summed E-state index contributed by atoms with van der Waals surface area (Å²) in [4.78, 5) is 14.7. The van der Waals surface area contributed by atoms with Gasteiger partial charge in [0.05, 0.1) is 5.75 Å². The molecule has 0 bridgehead atoms. The second-order valence-corrected chi connectivity index (χ2v) is 8.80. The van der Waals surface area contributed by atoms with Crippen LogP contribution in [0, 0.1) is 6.92 Å². The van der Waals surface area contributed by atoms with E-state index >= 15 is 0 Å². The van der Waals surface area contributed by atoms with Crippen LogP contribution < -0.4 is 10.2 Å². The largest absolute Gasteiger partial charge is 0.330 e. The number of carbonyl (C=O) groups is 1. The number of nitrogens with zero attached hydrogens (tertiary/aromatic N) is 3. The highest BCUT2D eigenvalue weighted by molar-refractivity contribution is 8.01. The number of hydrogen-bond acceptors (Lipinski definition) is 6. The van der Waals surface area contributed by atoms with Crippen LogP contribution in [0.2, 0.25) is 0 Å². The van der Waals surface area contributed by atoms with Crippen LogP contribution in [-0.2, 0) is 11.2 Å². The van der Waals surface area contributed by atoms with E-state index in [9.17, 15) is 4.79 Å². The van der Waals surface area contributed by atoms with Gasteiger partial charge in [0.1, 0.15) is 0 Å². The summed E-state index contributed by atoms with van der Waals surface area (Å²) in [5.41, 5.74) is 4.45. The Morgan fingerprint density at radius 3 is 2.96 bits per heavy atom. The van der Waals surface area contributed by atoms with E-state index < -0.39 is 0 Å². The summed E-state index contributed by atoms with van der Waals surface area (Å²) in [5, 5.41) is 12.4. The highest BCUT2D eigenvalue weighted by Crippen LogP contribution is 2.33. The molecule has 138 valence electrons. The van der Waals surface area contributed by atoms with Crippen LogP contribution >= 0.6 is 23.1 Å². The molecule has 3 aromatic rings. The molecule has 7 heteroatoms. The normalized spacial score (nSPS) is 15.6. The molecule has 5 nitrogen and oxygen atoms in total. The van der Waals surface area contributed by atoms with Crippen molar-refractivity contribution in [2.45, 2.75) is 30.6 Å². The predicted octanol–water partition coefficient (Wildman–Crippen LogP) is 4.66. The SMILES string of the molecule is Cc1cccc(Nc2nnc(SCC(=O)N3c4ccccc4C[C@H]3C)s2)c1. The fourth-order valence-electron chi connectivity index (χ4n) is 3.30. The minimum absolute atomic E-state index is 0.112. The number of thioether (sulfide) groups is 1. The van der Waals surface area contributed by atoms with Crippen molar-refractivity contribution >= 4 is 45.5 Å². The number of anilines is 3. The molecular formula is C20H20N4OS2. The Balaban J connectivity index is 1.38. The van der Waals surface area contributed by atoms with Crippen LogP contribution in [-0.4, -0.2) is 27.9 Å². The zero-order chi connectivity index (χ0) is 18.8. The van der Waals surface area contributed by atoms with Crippen molar-refractivity contribution in [3.8, 4) is 0 Å². The first kappa shape index (κ1) is 18.0. The fraction of sp³-hybridized carbons (Fsp3) is 0.250. The average molecular weight is 397 g/mol. The van der Waals surface area contributed by atoms with Gasteiger partial charge in [-0.05, 0) is 49.6 Å². The smallest absolute Gasteiger partial charge is 0.237 e. The summed E-state index contributed by atoms with van der Waals surface area (Å²) in [7, 11) is 0. The molecular weight excluding hydrogens is 376 g/mol. The molecule has 1 amide bonds. The van der Waals surface area contributed by atoms with Crippen molar-refractivity contribution in [3.63, 3.8) is 0 Å². The van der Waals surface area contributed by atoms with Gasteiger partial charge in [-0.25, -0.2) is 0 Å². The lowest BCUT2D eigenvalue weighted by Gasteiger charge is -2.22. The molecule has 27 heavy (non-hydrogen) atoms. The van der Waals surface area contributed by atoms with E-state index in [0.717, 1.165) is 27.3 Å². The Labute approximate surface area is 166 Å². The number of aryl methyl sites for hydroxylation is 1. The monoisotopic (exact) mass is 396 g/mol. The average Bonchev–Trinajstić information content (AvgIpc) is 3.22. The molecule has 4 rings (SSSR count). The molecule has 0 radical (unpaired) electrons. The zero-order valence-corrected chi connectivity index (χ0v) is 16.8. The van der Waals surface area contributed by atoms with Crippen molar-refractivity contribution in [2.75, 3.05) is 16.0 Å². The van der Waals surface area contributed by atoms with E-state index in [2.05, 4.69) is 47.6 Å². The molecule has 2 aromatic carbocycles. The highest BCUT2D eigenvalue weighted by atomic mass is 32.2. The number of nitrogens with one attached hydrogen (secondary N) is 1. The number of para-hydroxylation sites is 1. The summed E-state index contributed by atoms with van der Waals surface area (Å²) < 4.78 is 0.790. The molecule has 1 atom stereocenters. The van der Waals surface area contributed by atoms with Gasteiger partial charge >= 0.3 is 0 Å². The number of aromatic nitrogens is 2. The van der Waals surface area contributed by atoms with E-state index in [0.29, 0.717) is 5.75 Å². The van der Waals surface area contributed by atoms with Crippen LogP contribution in [0.15, 0.2) is 52.9 Å². The first-order valence-corrected chi connectivity index (χ1v) is 10.6. The van der Waals surface area contributed by atoms with Crippen molar-refractivity contribution in [2.24, 2.45) is 0 Å². The van der Waals surface area contributed by atoms with Gasteiger partial charge in [0.25, 0.3) is 0 Å². The molecule has 0 saturated carbocycles. The molecule has 0 unspecified atom stereocenters. The van der Waals surface area contributed by atoms with Crippen LogP contribution in [0.25, 0.3) is 0 Å². The maximum Gasteiger partial charge on any atom is 0.237 e. The predicted molar refractivity (Wildman–Crippen MR) is 112 cm³/mol. The minimum atomic E-state index is 0.112. The third kappa shape index (κ3) is 3.99. The summed E-state index contributed by atoms with van der Waals surface area (Å²) in [6.07, 6.45) is 0.913. The second kappa shape index (κ2) is 7.70. The van der Waals surface area contributed by atoms with Gasteiger partial charge in [0, 0.05) is 17.4 Å². The lowest BCUT2D eigenvalue weighted by Crippen LogP contribution is -2.36. The van der Waals surface area contributed by atoms with E-state index in [1.54, 1.807) is 0 Å². The zero-order valence-electron chi connectivity index (χ0n) is 15.2. The van der Waals surface area contributed by atoms with Crippen molar-refractivity contribution < 1.29 is 4.79 Å². The van der Waals surface area contributed by atoms with Gasteiger partial charge in [-0.3, -0.25) is 4.79 Å². The molecule has 1 N–H and O–H groups in total. The Kier molecular flexibility index (Phi) is 5.13. The van der Waals surface area contributed by atoms with E-state index in [1.165, 1.54) is 34.2 Å². The maximum atomic E-state index is 12.8. The van der Waals surface area contributed by atoms with E-state index in [4.69, 9.17) is 0 Å². The maximum absolute atomic E-state index is 12.8. The third-order valence-electron chi connectivity index (χ3n) is 4.47. The third-order valence-corrected chi connectivity index (χ3v) is 6.43. The van der Waals surface area contributed by atoms with Gasteiger partial charge in [0.15, 0.2) is 4.34 Å². The molecule has 0 saturated heterocycles. The van der Waals surface area contributed by atoms with E-state index in [-0.39, 0.29) is 11.9 Å².